The topological polar surface area (TPSA) is 66.5 Å². The minimum Gasteiger partial charge on any atom is -0.324 e. The van der Waals surface area contributed by atoms with Gasteiger partial charge in [0.1, 0.15) is 6.04 Å². The van der Waals surface area contributed by atoms with E-state index in [0.717, 1.165) is 10.5 Å². The number of nitrogens with zero attached hydrogens (tertiary/aromatic N) is 1. The number of hydrogen-bond acceptors (Lipinski definition) is 3. The molecule has 0 aliphatic carbocycles. The molecule has 0 fully saturated rings. The van der Waals surface area contributed by atoms with Crippen LogP contribution in [-0.2, 0) is 4.79 Å². The van der Waals surface area contributed by atoms with Gasteiger partial charge in [0, 0.05) is 5.69 Å². The number of nitrogens with one attached hydrogen (secondary N) is 1. The molecule has 3 amide bonds. The molecule has 0 radical (unpaired) electrons. The maximum atomic E-state index is 12.5. The summed E-state index contributed by atoms with van der Waals surface area (Å²) in [6.07, 6.45) is 0. The number of carbonyl (C=O) groups excluding carboxylic acids is 3. The van der Waals surface area contributed by atoms with E-state index >= 15 is 0 Å². The Morgan fingerprint density at radius 1 is 1.00 bits per heavy atom. The van der Waals surface area contributed by atoms with Crippen molar-refractivity contribution in [2.75, 3.05) is 5.32 Å². The zero-order chi connectivity index (χ0) is 18.3. The average Bonchev–Trinajstić information content (AvgIpc) is 2.80. The third kappa shape index (κ3) is 3.13. The fraction of sp³-hybridized carbons (Fsp3) is 0.167. The number of amides is 3. The van der Waals surface area contributed by atoms with Crippen LogP contribution in [0.3, 0.4) is 0 Å². The Balaban J connectivity index is 1.84. The Labute approximate surface area is 154 Å². The largest absolute Gasteiger partial charge is 0.324 e. The van der Waals surface area contributed by atoms with E-state index in [9.17, 15) is 14.4 Å². The highest BCUT2D eigenvalue weighted by atomic mass is 35.5. The lowest BCUT2D eigenvalue weighted by molar-refractivity contribution is -0.119. The summed E-state index contributed by atoms with van der Waals surface area (Å²) in [6.45, 7) is 3.43. The van der Waals surface area contributed by atoms with Crippen LogP contribution in [0.2, 0.25) is 10.0 Å². The van der Waals surface area contributed by atoms with Crippen LogP contribution in [0.5, 0.6) is 0 Å². The van der Waals surface area contributed by atoms with Crippen molar-refractivity contribution in [3.05, 3.63) is 63.1 Å². The molecule has 1 aliphatic rings. The molecule has 25 heavy (non-hydrogen) atoms. The van der Waals surface area contributed by atoms with E-state index in [2.05, 4.69) is 5.32 Å². The third-order valence-electron chi connectivity index (χ3n) is 4.04. The number of halogens is 2. The van der Waals surface area contributed by atoms with Crippen molar-refractivity contribution >= 4 is 46.6 Å². The molecule has 128 valence electrons. The van der Waals surface area contributed by atoms with Crippen LogP contribution in [0.1, 0.15) is 33.2 Å². The fourth-order valence-electron chi connectivity index (χ4n) is 2.61. The number of hydrogen-bond donors (Lipinski definition) is 1. The quantitative estimate of drug-likeness (QED) is 0.825. The second kappa shape index (κ2) is 6.50. The molecule has 1 unspecified atom stereocenters. The van der Waals surface area contributed by atoms with Gasteiger partial charge in [0.15, 0.2) is 0 Å². The van der Waals surface area contributed by atoms with Gasteiger partial charge in [-0.2, -0.15) is 0 Å². The molecule has 1 heterocycles. The van der Waals surface area contributed by atoms with Gasteiger partial charge in [-0.1, -0.05) is 40.9 Å². The molecule has 0 saturated carbocycles. The van der Waals surface area contributed by atoms with E-state index in [4.69, 9.17) is 23.2 Å². The van der Waals surface area contributed by atoms with E-state index < -0.39 is 23.8 Å². The van der Waals surface area contributed by atoms with Crippen LogP contribution >= 0.6 is 23.2 Å². The van der Waals surface area contributed by atoms with Gasteiger partial charge in [-0.05, 0) is 38.1 Å². The zero-order valence-corrected chi connectivity index (χ0v) is 15.0. The summed E-state index contributed by atoms with van der Waals surface area (Å²) in [7, 11) is 0. The molecule has 1 aliphatic heterocycles. The molecular formula is C18H14Cl2N2O3. The number of rotatable bonds is 3. The van der Waals surface area contributed by atoms with Crippen LogP contribution in [0.15, 0.2) is 36.4 Å². The number of anilines is 1. The SMILES string of the molecule is Cc1ccc(NC(=O)C(C)N2C(=O)c3cc(Cl)c(Cl)cc3C2=O)cc1. The first-order valence-electron chi connectivity index (χ1n) is 7.54. The van der Waals surface area contributed by atoms with Crippen LogP contribution in [0.4, 0.5) is 5.69 Å². The molecule has 1 N–H and O–H groups in total. The summed E-state index contributed by atoms with van der Waals surface area (Å²) >= 11 is 11.8. The Bertz CT molecular complexity index is 853. The third-order valence-corrected chi connectivity index (χ3v) is 4.77. The van der Waals surface area contributed by atoms with Gasteiger partial charge in [-0.25, -0.2) is 0 Å². The van der Waals surface area contributed by atoms with Crippen LogP contribution in [-0.4, -0.2) is 28.7 Å². The molecular weight excluding hydrogens is 363 g/mol. The van der Waals surface area contributed by atoms with Crippen molar-refractivity contribution in [1.29, 1.82) is 0 Å². The highest BCUT2D eigenvalue weighted by molar-refractivity contribution is 6.43. The number of fused-ring (bicyclic) bond motifs is 1. The number of carbonyl (C=O) groups is 3. The van der Waals surface area contributed by atoms with Gasteiger partial charge >= 0.3 is 0 Å². The van der Waals surface area contributed by atoms with E-state index in [0.29, 0.717) is 5.69 Å². The fourth-order valence-corrected chi connectivity index (χ4v) is 2.93. The van der Waals surface area contributed by atoms with Crippen LogP contribution in [0, 0.1) is 6.92 Å². The lowest BCUT2D eigenvalue weighted by Crippen LogP contribution is -2.45. The van der Waals surface area contributed by atoms with Crippen molar-refractivity contribution in [1.82, 2.24) is 4.90 Å². The molecule has 3 rings (SSSR count). The number of imide groups is 1. The number of benzene rings is 2. The Hall–Kier alpha value is -2.37. The molecule has 0 aromatic heterocycles. The normalized spacial score (nSPS) is 14.5. The molecule has 5 nitrogen and oxygen atoms in total. The van der Waals surface area contributed by atoms with E-state index in [-0.39, 0.29) is 21.2 Å². The molecule has 0 bridgehead atoms. The van der Waals surface area contributed by atoms with Crippen molar-refractivity contribution < 1.29 is 14.4 Å². The second-order valence-corrected chi connectivity index (χ2v) is 6.64. The van der Waals surface area contributed by atoms with Gasteiger partial charge in [-0.15, -0.1) is 0 Å². The standard InChI is InChI=1S/C18H14Cl2N2O3/c1-9-3-5-11(6-4-9)21-16(23)10(2)22-17(24)12-7-14(19)15(20)8-13(12)18(22)25/h3-8,10H,1-2H3,(H,21,23). The molecule has 1 atom stereocenters. The monoisotopic (exact) mass is 376 g/mol. The number of aryl methyl sites for hydroxylation is 1. The summed E-state index contributed by atoms with van der Waals surface area (Å²) in [5.74, 6) is -1.59. The first kappa shape index (κ1) is 17.5. The van der Waals surface area contributed by atoms with Gasteiger partial charge in [-0.3, -0.25) is 19.3 Å². The second-order valence-electron chi connectivity index (χ2n) is 5.82. The smallest absolute Gasteiger partial charge is 0.262 e. The first-order chi connectivity index (χ1) is 11.8. The molecule has 0 saturated heterocycles. The molecule has 2 aromatic rings. The highest BCUT2D eigenvalue weighted by Crippen LogP contribution is 2.32. The minimum absolute atomic E-state index is 0.148. The van der Waals surface area contributed by atoms with Crippen molar-refractivity contribution in [2.24, 2.45) is 0 Å². The van der Waals surface area contributed by atoms with Gasteiger partial charge < -0.3 is 5.32 Å². The minimum atomic E-state index is -0.980. The Morgan fingerprint density at radius 2 is 1.48 bits per heavy atom. The van der Waals surface area contributed by atoms with E-state index in [1.165, 1.54) is 19.1 Å². The van der Waals surface area contributed by atoms with Gasteiger partial charge in [0.05, 0.1) is 21.2 Å². The summed E-state index contributed by atoms with van der Waals surface area (Å²) in [4.78, 5) is 38.4. The molecule has 0 spiro atoms. The van der Waals surface area contributed by atoms with Crippen LogP contribution < -0.4 is 5.32 Å². The zero-order valence-electron chi connectivity index (χ0n) is 13.5. The van der Waals surface area contributed by atoms with Crippen molar-refractivity contribution in [3.63, 3.8) is 0 Å². The van der Waals surface area contributed by atoms with Crippen molar-refractivity contribution in [3.8, 4) is 0 Å². The highest BCUT2D eigenvalue weighted by Gasteiger charge is 2.41. The predicted octanol–water partition coefficient (Wildman–Crippen LogP) is 3.93. The first-order valence-corrected chi connectivity index (χ1v) is 8.29. The average molecular weight is 377 g/mol. The summed E-state index contributed by atoms with van der Waals surface area (Å²) in [5, 5.41) is 3.06. The Morgan fingerprint density at radius 3 is 1.96 bits per heavy atom. The Kier molecular flexibility index (Phi) is 4.54. The lowest BCUT2D eigenvalue weighted by atomic mass is 10.1. The van der Waals surface area contributed by atoms with E-state index in [1.807, 2.05) is 19.1 Å². The van der Waals surface area contributed by atoms with Gasteiger partial charge in [0.2, 0.25) is 5.91 Å². The summed E-state index contributed by atoms with van der Waals surface area (Å²) in [6, 6.07) is 8.93. The molecule has 2 aromatic carbocycles. The lowest BCUT2D eigenvalue weighted by Gasteiger charge is -2.21. The summed E-state index contributed by atoms with van der Waals surface area (Å²) < 4.78 is 0. The van der Waals surface area contributed by atoms with E-state index in [1.54, 1.807) is 12.1 Å². The maximum absolute atomic E-state index is 12.5. The van der Waals surface area contributed by atoms with Crippen LogP contribution in [0.25, 0.3) is 0 Å². The summed E-state index contributed by atoms with van der Waals surface area (Å²) in [5.41, 5.74) is 1.94. The van der Waals surface area contributed by atoms with Crippen molar-refractivity contribution in [2.45, 2.75) is 19.9 Å². The van der Waals surface area contributed by atoms with Gasteiger partial charge in [0.25, 0.3) is 11.8 Å². The predicted molar refractivity (Wildman–Crippen MR) is 96.2 cm³/mol. The molecule has 7 heteroatoms. The maximum Gasteiger partial charge on any atom is 0.262 e.